The lowest BCUT2D eigenvalue weighted by Gasteiger charge is -2.31. The van der Waals surface area contributed by atoms with Crippen molar-refractivity contribution in [2.45, 2.75) is 71.0 Å². The molecule has 3 atom stereocenters. The lowest BCUT2D eigenvalue weighted by atomic mass is 10.0. The molecule has 1 aliphatic rings. The number of quaternary nitrogens is 1. The molecule has 0 aliphatic carbocycles. The predicted octanol–water partition coefficient (Wildman–Crippen LogP) is -2.21. The number of nitrogens with zero attached hydrogens (tertiary/aromatic N) is 1. The summed E-state index contributed by atoms with van der Waals surface area (Å²) in [5, 5.41) is 16.4. The second-order valence-corrected chi connectivity index (χ2v) is 7.34. The number of rotatable bonds is 10. The van der Waals surface area contributed by atoms with E-state index >= 15 is 0 Å². The SMILES string of the molecule is CC(=O)N[C@H](CCCC[NH3+])C(=O)N1CCC[C@H]1C(=O)N[C@@H](C(=O)[O-])C(C)C. The van der Waals surface area contributed by atoms with E-state index in [0.717, 1.165) is 19.4 Å². The number of hydrogen-bond donors (Lipinski definition) is 3. The van der Waals surface area contributed by atoms with Crippen LogP contribution in [0.3, 0.4) is 0 Å². The summed E-state index contributed by atoms with van der Waals surface area (Å²) in [7, 11) is 0. The lowest BCUT2D eigenvalue weighted by Crippen LogP contribution is -2.57. The molecule has 0 unspecified atom stereocenters. The van der Waals surface area contributed by atoms with E-state index in [1.165, 1.54) is 11.8 Å². The third kappa shape index (κ3) is 6.82. The Morgan fingerprint density at radius 3 is 2.37 bits per heavy atom. The first-order valence-corrected chi connectivity index (χ1v) is 9.57. The predicted molar refractivity (Wildman–Crippen MR) is 95.7 cm³/mol. The summed E-state index contributed by atoms with van der Waals surface area (Å²) in [5.74, 6) is -2.79. The van der Waals surface area contributed by atoms with Crippen molar-refractivity contribution in [3.63, 3.8) is 0 Å². The maximum atomic E-state index is 12.9. The van der Waals surface area contributed by atoms with Gasteiger partial charge in [-0.05, 0) is 38.0 Å². The summed E-state index contributed by atoms with van der Waals surface area (Å²) < 4.78 is 0. The van der Waals surface area contributed by atoms with Crippen LogP contribution in [0.15, 0.2) is 0 Å². The highest BCUT2D eigenvalue weighted by atomic mass is 16.4. The highest BCUT2D eigenvalue weighted by Gasteiger charge is 2.38. The first kappa shape index (κ1) is 22.9. The van der Waals surface area contributed by atoms with Gasteiger partial charge in [0.15, 0.2) is 0 Å². The van der Waals surface area contributed by atoms with Gasteiger partial charge in [0.05, 0.1) is 18.6 Å². The van der Waals surface area contributed by atoms with Crippen molar-refractivity contribution in [2.75, 3.05) is 13.1 Å². The van der Waals surface area contributed by atoms with Gasteiger partial charge in [-0.2, -0.15) is 0 Å². The molecular weight excluding hydrogens is 352 g/mol. The molecule has 154 valence electrons. The number of carboxylic acids is 1. The highest BCUT2D eigenvalue weighted by molar-refractivity contribution is 5.93. The van der Waals surface area contributed by atoms with Crippen LogP contribution in [-0.2, 0) is 19.2 Å². The molecule has 3 amide bonds. The molecule has 9 nitrogen and oxygen atoms in total. The van der Waals surface area contributed by atoms with Crippen LogP contribution in [0.2, 0.25) is 0 Å². The van der Waals surface area contributed by atoms with E-state index in [1.54, 1.807) is 13.8 Å². The number of carboxylic acid groups (broad SMARTS) is 1. The summed E-state index contributed by atoms with van der Waals surface area (Å²) in [6.45, 7) is 5.85. The molecule has 9 heteroatoms. The summed E-state index contributed by atoms with van der Waals surface area (Å²) in [4.78, 5) is 49.7. The second-order valence-electron chi connectivity index (χ2n) is 7.34. The first-order chi connectivity index (χ1) is 12.7. The average Bonchev–Trinajstić information content (AvgIpc) is 3.06. The molecular formula is C18H32N4O5. The minimum absolute atomic E-state index is 0.304. The van der Waals surface area contributed by atoms with Crippen molar-refractivity contribution >= 4 is 23.7 Å². The van der Waals surface area contributed by atoms with Crippen LogP contribution in [0.5, 0.6) is 0 Å². The monoisotopic (exact) mass is 384 g/mol. The van der Waals surface area contributed by atoms with E-state index in [9.17, 15) is 24.3 Å². The van der Waals surface area contributed by atoms with Gasteiger partial charge in [0.1, 0.15) is 12.1 Å². The van der Waals surface area contributed by atoms with E-state index < -0.39 is 30.0 Å². The molecule has 0 bridgehead atoms. The summed E-state index contributed by atoms with van der Waals surface area (Å²) in [5.41, 5.74) is 3.77. The Morgan fingerprint density at radius 2 is 1.85 bits per heavy atom. The van der Waals surface area contributed by atoms with Gasteiger partial charge in [0.2, 0.25) is 17.7 Å². The zero-order valence-electron chi connectivity index (χ0n) is 16.5. The molecule has 0 aromatic carbocycles. The van der Waals surface area contributed by atoms with E-state index in [-0.39, 0.29) is 17.7 Å². The molecule has 0 saturated carbocycles. The van der Waals surface area contributed by atoms with Crippen molar-refractivity contribution in [3.05, 3.63) is 0 Å². The summed E-state index contributed by atoms with van der Waals surface area (Å²) in [6.07, 6.45) is 3.17. The maximum absolute atomic E-state index is 12.9. The molecule has 0 aromatic heterocycles. The molecule has 5 N–H and O–H groups in total. The molecule has 0 spiro atoms. The van der Waals surface area contributed by atoms with Crippen molar-refractivity contribution < 1.29 is 30.0 Å². The van der Waals surface area contributed by atoms with Gasteiger partial charge in [-0.1, -0.05) is 13.8 Å². The Labute approximate surface area is 160 Å². The van der Waals surface area contributed by atoms with E-state index in [1.807, 2.05) is 0 Å². The van der Waals surface area contributed by atoms with Crippen molar-refractivity contribution in [2.24, 2.45) is 5.92 Å². The van der Waals surface area contributed by atoms with Crippen LogP contribution in [-0.4, -0.2) is 59.8 Å². The number of hydrogen-bond acceptors (Lipinski definition) is 5. The summed E-state index contributed by atoms with van der Waals surface area (Å²) >= 11 is 0. The van der Waals surface area contributed by atoms with E-state index in [0.29, 0.717) is 25.8 Å². The van der Waals surface area contributed by atoms with Gasteiger partial charge in [-0.15, -0.1) is 0 Å². The smallest absolute Gasteiger partial charge is 0.245 e. The third-order valence-corrected chi connectivity index (χ3v) is 4.73. The molecule has 1 aliphatic heterocycles. The van der Waals surface area contributed by atoms with Crippen molar-refractivity contribution in [3.8, 4) is 0 Å². The van der Waals surface area contributed by atoms with Crippen LogP contribution < -0.4 is 21.5 Å². The van der Waals surface area contributed by atoms with Crippen LogP contribution >= 0.6 is 0 Å². The minimum atomic E-state index is -1.35. The largest absolute Gasteiger partial charge is 0.548 e. The molecule has 0 radical (unpaired) electrons. The maximum Gasteiger partial charge on any atom is 0.245 e. The number of unbranched alkanes of at least 4 members (excludes halogenated alkanes) is 1. The fourth-order valence-corrected chi connectivity index (χ4v) is 3.28. The van der Waals surface area contributed by atoms with Crippen LogP contribution in [0.1, 0.15) is 52.9 Å². The Hall–Kier alpha value is -2.16. The van der Waals surface area contributed by atoms with Crippen LogP contribution in [0, 0.1) is 5.92 Å². The fraction of sp³-hybridized carbons (Fsp3) is 0.778. The minimum Gasteiger partial charge on any atom is -0.548 e. The van der Waals surface area contributed by atoms with Gasteiger partial charge in [0, 0.05) is 13.5 Å². The number of amides is 3. The Balaban J connectivity index is 2.85. The van der Waals surface area contributed by atoms with E-state index in [4.69, 9.17) is 0 Å². The molecule has 1 saturated heterocycles. The van der Waals surface area contributed by atoms with Gasteiger partial charge >= 0.3 is 0 Å². The van der Waals surface area contributed by atoms with Gasteiger partial charge in [-0.3, -0.25) is 14.4 Å². The molecule has 27 heavy (non-hydrogen) atoms. The number of carbonyl (C=O) groups is 4. The van der Waals surface area contributed by atoms with Crippen molar-refractivity contribution in [1.82, 2.24) is 15.5 Å². The first-order valence-electron chi connectivity index (χ1n) is 9.57. The Morgan fingerprint density at radius 1 is 1.19 bits per heavy atom. The van der Waals surface area contributed by atoms with Gasteiger partial charge in [0.25, 0.3) is 0 Å². The lowest BCUT2D eigenvalue weighted by molar-refractivity contribution is -0.368. The fourth-order valence-electron chi connectivity index (χ4n) is 3.28. The van der Waals surface area contributed by atoms with Gasteiger partial charge < -0.3 is 31.2 Å². The highest BCUT2D eigenvalue weighted by Crippen LogP contribution is 2.20. The molecule has 0 aromatic rings. The van der Waals surface area contributed by atoms with Crippen LogP contribution in [0.4, 0.5) is 0 Å². The summed E-state index contributed by atoms with van der Waals surface area (Å²) in [6, 6.07) is -2.54. The normalized spacial score (nSPS) is 18.9. The third-order valence-electron chi connectivity index (χ3n) is 4.73. The zero-order valence-corrected chi connectivity index (χ0v) is 16.5. The van der Waals surface area contributed by atoms with E-state index in [2.05, 4.69) is 16.4 Å². The topological polar surface area (TPSA) is 146 Å². The second kappa shape index (κ2) is 10.9. The molecule has 1 heterocycles. The van der Waals surface area contributed by atoms with Crippen LogP contribution in [0.25, 0.3) is 0 Å². The number of nitrogens with one attached hydrogen (secondary N) is 2. The molecule has 1 fully saturated rings. The Kier molecular flexibility index (Phi) is 9.20. The van der Waals surface area contributed by atoms with Crippen molar-refractivity contribution in [1.29, 1.82) is 0 Å². The number of carbonyl (C=O) groups excluding carboxylic acids is 4. The standard InChI is InChI=1S/C18H32N4O5/c1-11(2)15(18(26)27)21-16(24)14-8-6-10-22(14)17(25)13(20-12(3)23)7-4-5-9-19/h11,13-15H,4-10,19H2,1-3H3,(H,20,23)(H,21,24)(H,26,27)/t13-,14+,15-/m1/s1. The number of aliphatic carboxylic acids is 1. The zero-order chi connectivity index (χ0) is 20.6. The quantitative estimate of drug-likeness (QED) is 0.365. The average molecular weight is 384 g/mol. The Bertz CT molecular complexity index is 552. The number of likely N-dealkylation sites (tertiary alicyclic amines) is 1. The molecule has 1 rings (SSSR count). The van der Waals surface area contributed by atoms with Gasteiger partial charge in [-0.25, -0.2) is 0 Å².